The van der Waals surface area contributed by atoms with Crippen molar-refractivity contribution in [2.24, 2.45) is 0 Å². The van der Waals surface area contributed by atoms with Crippen LogP contribution in [0.4, 0.5) is 0 Å². The van der Waals surface area contributed by atoms with Gasteiger partial charge in [0.05, 0.1) is 13.2 Å². The molecule has 0 radical (unpaired) electrons. The fourth-order valence-electron chi connectivity index (χ4n) is 1.04. The van der Waals surface area contributed by atoms with Crippen molar-refractivity contribution >= 4 is 5.97 Å². The van der Waals surface area contributed by atoms with Crippen LogP contribution in [0.3, 0.4) is 0 Å². The number of hydrogen-bond acceptors (Lipinski definition) is 4. The molecule has 0 spiro atoms. The van der Waals surface area contributed by atoms with Crippen molar-refractivity contribution in [1.82, 2.24) is 9.97 Å². The fourth-order valence-corrected chi connectivity index (χ4v) is 1.04. The molecule has 1 N–H and O–H groups in total. The standard InChI is InChI=1S/C9H14N2O3/c1-4-13-8(12)7-6(3)10-9(11-7)14-5-2/h4-5H2,1-3H3,(H,10,11). The van der Waals surface area contributed by atoms with Crippen LogP contribution in [0.5, 0.6) is 6.01 Å². The summed E-state index contributed by atoms with van der Waals surface area (Å²) in [5.41, 5.74) is 0.946. The quantitative estimate of drug-likeness (QED) is 0.740. The summed E-state index contributed by atoms with van der Waals surface area (Å²) in [4.78, 5) is 18.1. The van der Waals surface area contributed by atoms with E-state index in [4.69, 9.17) is 9.47 Å². The first-order valence-corrected chi connectivity index (χ1v) is 4.55. The monoisotopic (exact) mass is 198 g/mol. The SMILES string of the molecule is CCOC(=O)c1nc(OCC)[nH]c1C. The van der Waals surface area contributed by atoms with Crippen molar-refractivity contribution in [2.45, 2.75) is 20.8 Å². The number of rotatable bonds is 4. The van der Waals surface area contributed by atoms with Gasteiger partial charge in [-0.25, -0.2) is 4.79 Å². The molecule has 14 heavy (non-hydrogen) atoms. The lowest BCUT2D eigenvalue weighted by molar-refractivity contribution is 0.0518. The maximum Gasteiger partial charge on any atom is 0.358 e. The van der Waals surface area contributed by atoms with Gasteiger partial charge in [0.25, 0.3) is 6.01 Å². The van der Waals surface area contributed by atoms with Crippen LogP contribution in [0.25, 0.3) is 0 Å². The van der Waals surface area contributed by atoms with E-state index in [1.807, 2.05) is 6.92 Å². The van der Waals surface area contributed by atoms with Crippen molar-refractivity contribution in [3.63, 3.8) is 0 Å². The number of nitrogens with one attached hydrogen (secondary N) is 1. The summed E-state index contributed by atoms with van der Waals surface area (Å²) in [6, 6.07) is 0.355. The molecule has 0 atom stereocenters. The van der Waals surface area contributed by atoms with Crippen LogP contribution in [0.2, 0.25) is 0 Å². The molecule has 0 aromatic carbocycles. The summed E-state index contributed by atoms with van der Waals surface area (Å²) >= 11 is 0. The Morgan fingerprint density at radius 3 is 2.71 bits per heavy atom. The summed E-state index contributed by atoms with van der Waals surface area (Å²) in [6.07, 6.45) is 0. The molecule has 5 heteroatoms. The minimum absolute atomic E-state index is 0.287. The number of carbonyl (C=O) groups is 1. The summed E-state index contributed by atoms with van der Waals surface area (Å²) < 4.78 is 9.94. The average molecular weight is 198 g/mol. The van der Waals surface area contributed by atoms with Gasteiger partial charge in [0.1, 0.15) is 0 Å². The van der Waals surface area contributed by atoms with Gasteiger partial charge in [-0.15, -0.1) is 0 Å². The van der Waals surface area contributed by atoms with E-state index in [1.165, 1.54) is 0 Å². The second-order valence-corrected chi connectivity index (χ2v) is 2.67. The molecule has 1 aromatic rings. The summed E-state index contributed by atoms with van der Waals surface area (Å²) in [7, 11) is 0. The Hall–Kier alpha value is -1.52. The van der Waals surface area contributed by atoms with Crippen molar-refractivity contribution in [3.05, 3.63) is 11.4 Å². The zero-order chi connectivity index (χ0) is 10.6. The number of aromatic nitrogens is 2. The lowest BCUT2D eigenvalue weighted by Crippen LogP contribution is -2.06. The first kappa shape index (κ1) is 10.6. The molecule has 1 heterocycles. The molecule has 1 aromatic heterocycles. The highest BCUT2D eigenvalue weighted by molar-refractivity contribution is 5.88. The van der Waals surface area contributed by atoms with E-state index in [2.05, 4.69) is 9.97 Å². The van der Waals surface area contributed by atoms with Gasteiger partial charge >= 0.3 is 5.97 Å². The Morgan fingerprint density at radius 1 is 1.43 bits per heavy atom. The molecule has 5 nitrogen and oxygen atoms in total. The molecule has 0 aliphatic carbocycles. The van der Waals surface area contributed by atoms with Gasteiger partial charge in [0.2, 0.25) is 0 Å². The minimum Gasteiger partial charge on any atom is -0.465 e. The van der Waals surface area contributed by atoms with Gasteiger partial charge in [-0.3, -0.25) is 0 Å². The van der Waals surface area contributed by atoms with Crippen molar-refractivity contribution < 1.29 is 14.3 Å². The van der Waals surface area contributed by atoms with Crippen LogP contribution in [-0.2, 0) is 4.74 Å². The van der Waals surface area contributed by atoms with E-state index in [0.29, 0.717) is 24.9 Å². The van der Waals surface area contributed by atoms with Crippen molar-refractivity contribution in [1.29, 1.82) is 0 Å². The van der Waals surface area contributed by atoms with Crippen LogP contribution in [0, 0.1) is 6.92 Å². The second kappa shape index (κ2) is 4.64. The lowest BCUT2D eigenvalue weighted by atomic mass is 10.3. The van der Waals surface area contributed by atoms with Crippen LogP contribution >= 0.6 is 0 Å². The van der Waals surface area contributed by atoms with E-state index in [0.717, 1.165) is 0 Å². The largest absolute Gasteiger partial charge is 0.465 e. The number of H-pyrrole nitrogens is 1. The maximum absolute atomic E-state index is 11.3. The second-order valence-electron chi connectivity index (χ2n) is 2.67. The summed E-state index contributed by atoms with van der Waals surface area (Å²) in [5.74, 6) is -0.424. The van der Waals surface area contributed by atoms with E-state index in [1.54, 1.807) is 13.8 Å². The third kappa shape index (κ3) is 2.25. The van der Waals surface area contributed by atoms with E-state index in [-0.39, 0.29) is 5.69 Å². The number of carbonyl (C=O) groups excluding carboxylic acids is 1. The predicted molar refractivity (Wildman–Crippen MR) is 50.5 cm³/mol. The highest BCUT2D eigenvalue weighted by Crippen LogP contribution is 2.11. The smallest absolute Gasteiger partial charge is 0.358 e. The topological polar surface area (TPSA) is 64.2 Å². The van der Waals surface area contributed by atoms with Gasteiger partial charge in [-0.1, -0.05) is 0 Å². The number of aryl methyl sites for hydroxylation is 1. The van der Waals surface area contributed by atoms with Crippen LogP contribution in [0.15, 0.2) is 0 Å². The molecule has 0 unspecified atom stereocenters. The lowest BCUT2D eigenvalue weighted by Gasteiger charge is -1.97. The van der Waals surface area contributed by atoms with Gasteiger partial charge < -0.3 is 14.5 Å². The van der Waals surface area contributed by atoms with Crippen molar-refractivity contribution in [2.75, 3.05) is 13.2 Å². The van der Waals surface area contributed by atoms with Gasteiger partial charge in [0, 0.05) is 5.69 Å². The van der Waals surface area contributed by atoms with Crippen LogP contribution in [0.1, 0.15) is 30.0 Å². The molecule has 1 rings (SSSR count). The molecular formula is C9H14N2O3. The maximum atomic E-state index is 11.3. The number of nitrogens with zero attached hydrogens (tertiary/aromatic N) is 1. The molecule has 78 valence electrons. The number of ether oxygens (including phenoxy) is 2. The molecule has 0 amide bonds. The van der Waals surface area contributed by atoms with E-state index < -0.39 is 5.97 Å². The summed E-state index contributed by atoms with van der Waals surface area (Å²) in [5, 5.41) is 0. The van der Waals surface area contributed by atoms with E-state index >= 15 is 0 Å². The highest BCUT2D eigenvalue weighted by Gasteiger charge is 2.15. The molecule has 0 aliphatic rings. The molecule has 0 fully saturated rings. The first-order chi connectivity index (χ1) is 6.69. The average Bonchev–Trinajstić information content (AvgIpc) is 2.48. The third-order valence-electron chi connectivity index (χ3n) is 1.61. The molecule has 0 saturated heterocycles. The number of aromatic amines is 1. The fraction of sp³-hybridized carbons (Fsp3) is 0.556. The minimum atomic E-state index is -0.424. The highest BCUT2D eigenvalue weighted by atomic mass is 16.5. The van der Waals surface area contributed by atoms with Crippen LogP contribution < -0.4 is 4.74 Å². The number of hydrogen-bond donors (Lipinski definition) is 1. The Labute approximate surface area is 82.4 Å². The van der Waals surface area contributed by atoms with Crippen molar-refractivity contribution in [3.8, 4) is 6.01 Å². The number of imidazole rings is 1. The van der Waals surface area contributed by atoms with E-state index in [9.17, 15) is 4.79 Å². The zero-order valence-corrected chi connectivity index (χ0v) is 8.59. The Bertz CT molecular complexity index is 320. The Balaban J connectivity index is 2.81. The Morgan fingerprint density at radius 2 is 2.14 bits per heavy atom. The van der Waals surface area contributed by atoms with Gasteiger partial charge in [0.15, 0.2) is 5.69 Å². The third-order valence-corrected chi connectivity index (χ3v) is 1.61. The molecule has 0 aliphatic heterocycles. The first-order valence-electron chi connectivity index (χ1n) is 4.55. The normalized spacial score (nSPS) is 9.93. The zero-order valence-electron chi connectivity index (χ0n) is 8.59. The number of esters is 1. The molecule has 0 bridgehead atoms. The van der Waals surface area contributed by atoms with Crippen LogP contribution in [-0.4, -0.2) is 29.2 Å². The predicted octanol–water partition coefficient (Wildman–Crippen LogP) is 1.29. The summed E-state index contributed by atoms with van der Waals surface area (Å²) in [6.45, 7) is 6.21. The van der Waals surface area contributed by atoms with Gasteiger partial charge in [-0.05, 0) is 20.8 Å². The molecular weight excluding hydrogens is 184 g/mol. The molecule has 0 saturated carbocycles. The Kier molecular flexibility index (Phi) is 3.50. The van der Waals surface area contributed by atoms with Gasteiger partial charge in [-0.2, -0.15) is 4.98 Å².